The van der Waals surface area contributed by atoms with Crippen molar-refractivity contribution in [2.75, 3.05) is 5.32 Å². The maximum Gasteiger partial charge on any atom is 0.302 e. The van der Waals surface area contributed by atoms with Gasteiger partial charge in [0.15, 0.2) is 0 Å². The number of pyridine rings is 1. The third-order valence-corrected chi connectivity index (χ3v) is 2.97. The van der Waals surface area contributed by atoms with Crippen molar-refractivity contribution < 1.29 is 9.21 Å². The molecule has 0 saturated heterocycles. The van der Waals surface area contributed by atoms with Crippen LogP contribution < -0.4 is 5.32 Å². The Bertz CT molecular complexity index is 749. The van der Waals surface area contributed by atoms with Gasteiger partial charge in [-0.2, -0.15) is 4.98 Å². The molecule has 0 spiro atoms. The maximum atomic E-state index is 11.9. The number of aryl methyl sites for hydroxylation is 1. The van der Waals surface area contributed by atoms with E-state index < -0.39 is 0 Å². The number of aromatic nitrogens is 2. The minimum absolute atomic E-state index is 0.154. The molecule has 5 heteroatoms. The standard InChI is InChI=1S/C16H13N3O2/c1-11-5-7-12(8-6-11)14-10-21-16(18-14)19-15(20)13-4-2-3-9-17-13/h2-10H,1H3,(H,18,19,20). The highest BCUT2D eigenvalue weighted by atomic mass is 16.4. The predicted molar refractivity (Wildman–Crippen MR) is 78.9 cm³/mol. The first-order valence-electron chi connectivity index (χ1n) is 6.47. The van der Waals surface area contributed by atoms with Gasteiger partial charge in [-0.15, -0.1) is 0 Å². The second kappa shape index (κ2) is 5.58. The first-order chi connectivity index (χ1) is 10.2. The van der Waals surface area contributed by atoms with Gasteiger partial charge in [-0.3, -0.25) is 15.1 Å². The summed E-state index contributed by atoms with van der Waals surface area (Å²) in [7, 11) is 0. The van der Waals surface area contributed by atoms with Crippen LogP contribution in [0.2, 0.25) is 0 Å². The van der Waals surface area contributed by atoms with E-state index in [9.17, 15) is 4.79 Å². The van der Waals surface area contributed by atoms with Gasteiger partial charge in [-0.25, -0.2) is 0 Å². The number of nitrogens with one attached hydrogen (secondary N) is 1. The molecule has 0 aliphatic carbocycles. The summed E-state index contributed by atoms with van der Waals surface area (Å²) < 4.78 is 5.27. The molecule has 104 valence electrons. The lowest BCUT2D eigenvalue weighted by Crippen LogP contribution is -2.13. The largest absolute Gasteiger partial charge is 0.431 e. The number of anilines is 1. The molecule has 0 bridgehead atoms. The number of rotatable bonds is 3. The maximum absolute atomic E-state index is 11.9. The summed E-state index contributed by atoms with van der Waals surface area (Å²) >= 11 is 0. The van der Waals surface area contributed by atoms with Crippen LogP contribution in [0.5, 0.6) is 0 Å². The zero-order valence-electron chi connectivity index (χ0n) is 11.4. The van der Waals surface area contributed by atoms with E-state index in [4.69, 9.17) is 4.42 Å². The van der Waals surface area contributed by atoms with Gasteiger partial charge in [0.1, 0.15) is 17.7 Å². The van der Waals surface area contributed by atoms with Crippen molar-refractivity contribution in [1.29, 1.82) is 0 Å². The van der Waals surface area contributed by atoms with E-state index in [1.54, 1.807) is 24.4 Å². The summed E-state index contributed by atoms with van der Waals surface area (Å²) in [5.41, 5.74) is 3.09. The molecule has 3 aromatic rings. The van der Waals surface area contributed by atoms with E-state index >= 15 is 0 Å². The molecule has 0 aliphatic heterocycles. The highest BCUT2D eigenvalue weighted by molar-refractivity contribution is 6.01. The van der Waals surface area contributed by atoms with Crippen LogP contribution in [0.15, 0.2) is 59.3 Å². The van der Waals surface area contributed by atoms with Crippen molar-refractivity contribution in [3.8, 4) is 11.3 Å². The number of hydrogen-bond acceptors (Lipinski definition) is 4. The lowest BCUT2D eigenvalue weighted by Gasteiger charge is -1.99. The monoisotopic (exact) mass is 279 g/mol. The molecule has 1 N–H and O–H groups in total. The predicted octanol–water partition coefficient (Wildman–Crippen LogP) is 3.30. The Balaban J connectivity index is 1.76. The SMILES string of the molecule is Cc1ccc(-c2coc(NC(=O)c3ccccn3)n2)cc1. The molecular formula is C16H13N3O2. The molecule has 0 radical (unpaired) electrons. The first-order valence-corrected chi connectivity index (χ1v) is 6.47. The van der Waals surface area contributed by atoms with E-state index in [2.05, 4.69) is 15.3 Å². The average molecular weight is 279 g/mol. The van der Waals surface area contributed by atoms with Gasteiger partial charge in [0.05, 0.1) is 0 Å². The fourth-order valence-corrected chi connectivity index (χ4v) is 1.85. The number of oxazole rings is 1. The molecule has 5 nitrogen and oxygen atoms in total. The quantitative estimate of drug-likeness (QED) is 0.798. The normalized spacial score (nSPS) is 10.3. The van der Waals surface area contributed by atoms with Crippen molar-refractivity contribution in [3.63, 3.8) is 0 Å². The van der Waals surface area contributed by atoms with Gasteiger partial charge in [0.25, 0.3) is 5.91 Å². The average Bonchev–Trinajstić information content (AvgIpc) is 2.97. The fourth-order valence-electron chi connectivity index (χ4n) is 1.85. The molecule has 0 unspecified atom stereocenters. The number of amides is 1. The summed E-state index contributed by atoms with van der Waals surface area (Å²) in [6.07, 6.45) is 3.07. The molecule has 0 aliphatic rings. The van der Waals surface area contributed by atoms with Crippen LogP contribution in [0.1, 0.15) is 16.1 Å². The van der Waals surface area contributed by atoms with Crippen LogP contribution >= 0.6 is 0 Å². The number of carbonyl (C=O) groups excluding carboxylic acids is 1. The molecule has 2 aromatic heterocycles. The molecular weight excluding hydrogens is 266 g/mol. The topological polar surface area (TPSA) is 68.0 Å². The Kier molecular flexibility index (Phi) is 3.47. The van der Waals surface area contributed by atoms with Gasteiger partial charge < -0.3 is 4.42 Å². The van der Waals surface area contributed by atoms with E-state index in [1.807, 2.05) is 31.2 Å². The summed E-state index contributed by atoms with van der Waals surface area (Å²) in [6, 6.07) is 13.2. The molecule has 1 amide bonds. The lowest BCUT2D eigenvalue weighted by atomic mass is 10.1. The highest BCUT2D eigenvalue weighted by Crippen LogP contribution is 2.21. The van der Waals surface area contributed by atoms with Crippen molar-refractivity contribution in [2.24, 2.45) is 0 Å². The molecule has 0 fully saturated rings. The zero-order chi connectivity index (χ0) is 14.7. The van der Waals surface area contributed by atoms with Crippen molar-refractivity contribution >= 4 is 11.9 Å². The second-order valence-electron chi connectivity index (χ2n) is 4.57. The van der Waals surface area contributed by atoms with Crippen molar-refractivity contribution in [3.05, 3.63) is 66.2 Å². The number of carbonyl (C=O) groups is 1. The van der Waals surface area contributed by atoms with Crippen LogP contribution in [0.25, 0.3) is 11.3 Å². The van der Waals surface area contributed by atoms with E-state index in [1.165, 1.54) is 11.8 Å². The second-order valence-corrected chi connectivity index (χ2v) is 4.57. The van der Waals surface area contributed by atoms with Crippen LogP contribution in [0.4, 0.5) is 6.01 Å². The van der Waals surface area contributed by atoms with Gasteiger partial charge >= 0.3 is 6.01 Å². The molecule has 0 atom stereocenters. The Morgan fingerprint density at radius 3 is 2.67 bits per heavy atom. The van der Waals surface area contributed by atoms with Gasteiger partial charge in [-0.1, -0.05) is 35.9 Å². The van der Waals surface area contributed by atoms with E-state index in [0.717, 1.165) is 5.56 Å². The van der Waals surface area contributed by atoms with Crippen molar-refractivity contribution in [1.82, 2.24) is 9.97 Å². The van der Waals surface area contributed by atoms with Crippen LogP contribution in [-0.4, -0.2) is 15.9 Å². The van der Waals surface area contributed by atoms with Crippen LogP contribution in [-0.2, 0) is 0 Å². The molecule has 2 heterocycles. The first kappa shape index (κ1) is 13.1. The Morgan fingerprint density at radius 1 is 1.14 bits per heavy atom. The smallest absolute Gasteiger partial charge is 0.302 e. The van der Waals surface area contributed by atoms with Crippen LogP contribution in [0.3, 0.4) is 0 Å². The lowest BCUT2D eigenvalue weighted by molar-refractivity contribution is 0.101. The zero-order valence-corrected chi connectivity index (χ0v) is 11.4. The number of hydrogen-bond donors (Lipinski definition) is 1. The summed E-state index contributed by atoms with van der Waals surface area (Å²) in [6.45, 7) is 2.02. The Labute approximate surface area is 121 Å². The van der Waals surface area contributed by atoms with Gasteiger partial charge in [0.2, 0.25) is 0 Å². The highest BCUT2D eigenvalue weighted by Gasteiger charge is 2.11. The molecule has 21 heavy (non-hydrogen) atoms. The Morgan fingerprint density at radius 2 is 1.95 bits per heavy atom. The number of nitrogens with zero attached hydrogens (tertiary/aromatic N) is 2. The minimum atomic E-state index is -0.354. The van der Waals surface area contributed by atoms with E-state index in [-0.39, 0.29) is 11.9 Å². The third kappa shape index (κ3) is 2.97. The summed E-state index contributed by atoms with van der Waals surface area (Å²) in [4.78, 5) is 20.1. The minimum Gasteiger partial charge on any atom is -0.431 e. The third-order valence-electron chi connectivity index (χ3n) is 2.97. The molecule has 0 saturated carbocycles. The van der Waals surface area contributed by atoms with Crippen LogP contribution in [0, 0.1) is 6.92 Å². The summed E-state index contributed by atoms with van der Waals surface area (Å²) in [5, 5.41) is 2.58. The summed E-state index contributed by atoms with van der Waals surface area (Å²) in [5.74, 6) is -0.354. The fraction of sp³-hybridized carbons (Fsp3) is 0.0625. The van der Waals surface area contributed by atoms with Gasteiger partial charge in [-0.05, 0) is 19.1 Å². The number of benzene rings is 1. The Hall–Kier alpha value is -2.95. The molecule has 3 rings (SSSR count). The van der Waals surface area contributed by atoms with E-state index in [0.29, 0.717) is 11.4 Å². The molecule has 1 aromatic carbocycles. The van der Waals surface area contributed by atoms with Gasteiger partial charge in [0, 0.05) is 11.8 Å². The van der Waals surface area contributed by atoms with Crippen molar-refractivity contribution in [2.45, 2.75) is 6.92 Å².